The molecule has 2 N–H and O–H groups in total. The van der Waals surface area contributed by atoms with Gasteiger partial charge in [-0.2, -0.15) is 0 Å². The van der Waals surface area contributed by atoms with Gasteiger partial charge < -0.3 is 29.7 Å². The first-order valence-electron chi connectivity index (χ1n) is 17.3. The van der Waals surface area contributed by atoms with Crippen molar-refractivity contribution in [2.45, 2.75) is 114 Å². The number of unbranched alkanes of at least 4 members (excludes halogenated alkanes) is 2. The fourth-order valence-electron chi connectivity index (χ4n) is 7.81. The first kappa shape index (κ1) is 36.3. The second-order valence-electron chi connectivity index (χ2n) is 13.2. The van der Waals surface area contributed by atoms with Gasteiger partial charge in [0.15, 0.2) is 0 Å². The number of likely N-dealkylation sites (tertiary alicyclic amines) is 1. The van der Waals surface area contributed by atoms with E-state index in [1.807, 2.05) is 37.3 Å². The standard InChI is InChI=1S/C37H53N3O7/c1-6-9-19-29(42)38-26(5)32(27-17-12-10-13-18-27)46-36(45)30-28-20-21-37(47-28)31(30)34(43)40(23-14-11-15-24-41)33(37)35(44)39(22-8-3)25(4)16-7-2/h6,8,10,12-13,17-18,25-26,28,30-33,41H,1,3,7,9,11,14-16,19-24H2,2,4-5H3,(H,38,42)/t25?,26-,28+,30-,31-,32-,33+,37-/m1/s1. The van der Waals surface area contributed by atoms with E-state index in [-0.39, 0.29) is 36.8 Å². The van der Waals surface area contributed by atoms with Crippen molar-refractivity contribution in [3.63, 3.8) is 0 Å². The van der Waals surface area contributed by atoms with Gasteiger partial charge in [-0.15, -0.1) is 13.2 Å². The smallest absolute Gasteiger partial charge is 0.313 e. The number of aliphatic hydroxyl groups is 1. The monoisotopic (exact) mass is 651 g/mol. The average Bonchev–Trinajstić information content (AvgIpc) is 3.70. The highest BCUT2D eigenvalue weighted by Gasteiger charge is 2.75. The molecule has 3 fully saturated rings. The molecule has 1 aromatic carbocycles. The first-order chi connectivity index (χ1) is 22.6. The van der Waals surface area contributed by atoms with Gasteiger partial charge in [0.2, 0.25) is 17.7 Å². The van der Waals surface area contributed by atoms with Gasteiger partial charge >= 0.3 is 5.97 Å². The molecule has 3 amide bonds. The van der Waals surface area contributed by atoms with Crippen molar-refractivity contribution < 1.29 is 33.8 Å². The highest BCUT2D eigenvalue weighted by Crippen LogP contribution is 2.59. The summed E-state index contributed by atoms with van der Waals surface area (Å²) < 4.78 is 12.9. The van der Waals surface area contributed by atoms with Crippen LogP contribution in [0.1, 0.15) is 90.2 Å². The molecule has 3 heterocycles. The third kappa shape index (κ3) is 7.64. The molecular weight excluding hydrogens is 598 g/mol. The molecule has 3 aliphatic heterocycles. The maximum absolute atomic E-state index is 14.5. The van der Waals surface area contributed by atoms with E-state index in [0.29, 0.717) is 51.6 Å². The number of rotatable bonds is 19. The fraction of sp³-hybridized carbons (Fsp3) is 0.622. The van der Waals surface area contributed by atoms with E-state index in [2.05, 4.69) is 25.4 Å². The summed E-state index contributed by atoms with van der Waals surface area (Å²) in [6, 6.07) is 7.76. The van der Waals surface area contributed by atoms with E-state index >= 15 is 0 Å². The van der Waals surface area contributed by atoms with Crippen LogP contribution in [0.25, 0.3) is 0 Å². The summed E-state index contributed by atoms with van der Waals surface area (Å²) >= 11 is 0. The van der Waals surface area contributed by atoms with Crippen molar-refractivity contribution in [2.24, 2.45) is 11.8 Å². The predicted molar refractivity (Wildman–Crippen MR) is 179 cm³/mol. The normalized spacial score (nSPS) is 26.3. The summed E-state index contributed by atoms with van der Waals surface area (Å²) in [5, 5.41) is 12.3. The summed E-state index contributed by atoms with van der Waals surface area (Å²) in [6.07, 6.45) is 7.45. The predicted octanol–water partition coefficient (Wildman–Crippen LogP) is 4.48. The highest BCUT2D eigenvalue weighted by molar-refractivity contribution is 5.98. The molecule has 1 unspecified atom stereocenters. The summed E-state index contributed by atoms with van der Waals surface area (Å²) in [5.41, 5.74) is -0.421. The number of amides is 3. The van der Waals surface area contributed by atoms with E-state index in [1.165, 1.54) is 0 Å². The van der Waals surface area contributed by atoms with Crippen LogP contribution in [0, 0.1) is 11.8 Å². The number of esters is 1. The molecule has 8 atom stereocenters. The number of carbonyl (C=O) groups excluding carboxylic acids is 4. The van der Waals surface area contributed by atoms with Crippen molar-refractivity contribution >= 4 is 23.7 Å². The lowest BCUT2D eigenvalue weighted by Crippen LogP contribution is -2.57. The summed E-state index contributed by atoms with van der Waals surface area (Å²) in [4.78, 5) is 59.2. The van der Waals surface area contributed by atoms with Crippen LogP contribution in [0.5, 0.6) is 0 Å². The lowest BCUT2D eigenvalue weighted by molar-refractivity contribution is -0.162. The number of hydrogen-bond acceptors (Lipinski definition) is 7. The molecule has 47 heavy (non-hydrogen) atoms. The number of carbonyl (C=O) groups is 4. The molecule has 0 aromatic heterocycles. The van der Waals surface area contributed by atoms with Crippen molar-refractivity contribution in [3.05, 3.63) is 61.2 Å². The van der Waals surface area contributed by atoms with Crippen LogP contribution >= 0.6 is 0 Å². The molecule has 1 aromatic rings. The van der Waals surface area contributed by atoms with Crippen molar-refractivity contribution in [1.82, 2.24) is 15.1 Å². The second-order valence-corrected chi connectivity index (χ2v) is 13.2. The third-order valence-electron chi connectivity index (χ3n) is 10.0. The van der Waals surface area contributed by atoms with Gasteiger partial charge in [-0.05, 0) is 64.4 Å². The van der Waals surface area contributed by atoms with Crippen LogP contribution in [-0.2, 0) is 28.7 Å². The van der Waals surface area contributed by atoms with Gasteiger partial charge in [0.1, 0.15) is 17.7 Å². The number of benzene rings is 1. The molecule has 3 saturated heterocycles. The maximum Gasteiger partial charge on any atom is 0.313 e. The zero-order valence-electron chi connectivity index (χ0n) is 28.3. The zero-order chi connectivity index (χ0) is 34.1. The van der Waals surface area contributed by atoms with Crippen molar-refractivity contribution in [3.8, 4) is 0 Å². The Labute approximate surface area is 279 Å². The molecule has 3 aliphatic rings. The lowest BCUT2D eigenvalue weighted by atomic mass is 9.70. The number of ether oxygens (including phenoxy) is 2. The fourth-order valence-corrected chi connectivity index (χ4v) is 7.81. The number of allylic oxidation sites excluding steroid dienone is 1. The largest absolute Gasteiger partial charge is 0.455 e. The summed E-state index contributed by atoms with van der Waals surface area (Å²) in [6.45, 7) is 14.2. The highest BCUT2D eigenvalue weighted by atomic mass is 16.6. The van der Waals surface area contributed by atoms with E-state index in [1.54, 1.807) is 28.9 Å². The molecule has 4 rings (SSSR count). The van der Waals surface area contributed by atoms with Gasteiger partial charge in [-0.3, -0.25) is 19.2 Å². The zero-order valence-corrected chi connectivity index (χ0v) is 28.3. The molecule has 0 radical (unpaired) electrons. The minimum atomic E-state index is -1.14. The molecule has 0 saturated carbocycles. The molecule has 10 heteroatoms. The van der Waals surface area contributed by atoms with Crippen LogP contribution in [0.4, 0.5) is 0 Å². The van der Waals surface area contributed by atoms with Crippen molar-refractivity contribution in [1.29, 1.82) is 0 Å². The first-order valence-corrected chi connectivity index (χ1v) is 17.3. The van der Waals surface area contributed by atoms with Gasteiger partial charge in [-0.1, -0.05) is 55.8 Å². The van der Waals surface area contributed by atoms with Gasteiger partial charge in [0.25, 0.3) is 0 Å². The Morgan fingerprint density at radius 3 is 2.57 bits per heavy atom. The molecule has 0 aliphatic carbocycles. The van der Waals surface area contributed by atoms with Gasteiger partial charge in [0.05, 0.1) is 24.0 Å². The SMILES string of the molecule is C=CCCC(=O)N[C@H](C)[C@@H](OC(=O)[C@@H]1[C@@H]2CC[C@]3(O2)[C@H](C(=O)N(CC=C)C(C)CCC)N(CCCCCO)C(=O)[C@@H]13)c1ccccc1. The van der Waals surface area contributed by atoms with Crippen LogP contribution in [0.2, 0.25) is 0 Å². The van der Waals surface area contributed by atoms with Crippen molar-refractivity contribution in [2.75, 3.05) is 19.7 Å². The molecule has 10 nitrogen and oxygen atoms in total. The average molecular weight is 652 g/mol. The number of hydrogen-bond donors (Lipinski definition) is 2. The Hall–Kier alpha value is -3.50. The minimum absolute atomic E-state index is 0.0545. The summed E-state index contributed by atoms with van der Waals surface area (Å²) in [7, 11) is 0. The van der Waals surface area contributed by atoms with E-state index in [4.69, 9.17) is 9.47 Å². The number of nitrogens with zero attached hydrogens (tertiary/aromatic N) is 2. The van der Waals surface area contributed by atoms with E-state index < -0.39 is 47.7 Å². The Morgan fingerprint density at radius 1 is 1.17 bits per heavy atom. The Balaban J connectivity index is 1.65. The number of fused-ring (bicyclic) bond motifs is 1. The lowest BCUT2D eigenvalue weighted by Gasteiger charge is -2.39. The van der Waals surface area contributed by atoms with Crippen LogP contribution in [-0.4, -0.2) is 88.1 Å². The maximum atomic E-state index is 14.5. The van der Waals surface area contributed by atoms with Crippen LogP contribution in [0.15, 0.2) is 55.6 Å². The van der Waals surface area contributed by atoms with E-state index in [0.717, 1.165) is 18.4 Å². The topological polar surface area (TPSA) is 125 Å². The third-order valence-corrected chi connectivity index (χ3v) is 10.0. The van der Waals surface area contributed by atoms with E-state index in [9.17, 15) is 24.3 Å². The Morgan fingerprint density at radius 2 is 1.91 bits per heavy atom. The number of aliphatic hydroxyl groups excluding tert-OH is 1. The number of nitrogens with one attached hydrogen (secondary N) is 1. The second kappa shape index (κ2) is 16.6. The van der Waals surface area contributed by atoms with Gasteiger partial charge in [-0.25, -0.2) is 0 Å². The molecule has 2 bridgehead atoms. The quantitative estimate of drug-likeness (QED) is 0.128. The Bertz CT molecular complexity index is 1270. The molecular formula is C37H53N3O7. The minimum Gasteiger partial charge on any atom is -0.455 e. The molecule has 258 valence electrons. The summed E-state index contributed by atoms with van der Waals surface area (Å²) in [5.74, 6) is -2.93. The van der Waals surface area contributed by atoms with Gasteiger partial charge in [0, 0.05) is 32.2 Å². The molecule has 1 spiro atoms. The van der Waals surface area contributed by atoms with Crippen LogP contribution in [0.3, 0.4) is 0 Å². The van der Waals surface area contributed by atoms with Crippen LogP contribution < -0.4 is 5.32 Å². The Kier molecular flexibility index (Phi) is 12.8.